The number of aromatic amines is 1. The number of aromatic nitrogens is 2. The Morgan fingerprint density at radius 3 is 2.55 bits per heavy atom. The zero-order valence-corrected chi connectivity index (χ0v) is 19.0. The van der Waals surface area contributed by atoms with E-state index in [4.69, 9.17) is 10.5 Å². The third-order valence-electron chi connectivity index (χ3n) is 4.03. The molecule has 1 aromatic carbocycles. The Kier molecular flexibility index (Phi) is 8.54. The minimum atomic E-state index is -0.689. The molecule has 8 nitrogen and oxygen atoms in total. The molecule has 1 heterocycles. The predicted molar refractivity (Wildman–Crippen MR) is 120 cm³/mol. The molecule has 3 N–H and O–H groups in total. The lowest BCUT2D eigenvalue weighted by atomic mass is 10.2. The quantitative estimate of drug-likeness (QED) is 0.528. The molecule has 158 valence electrons. The fourth-order valence-electron chi connectivity index (χ4n) is 2.68. The van der Waals surface area contributed by atoms with Crippen molar-refractivity contribution in [2.45, 2.75) is 25.3 Å². The molecule has 0 spiro atoms. The first-order valence-corrected chi connectivity index (χ1v) is 10.8. The molecule has 0 radical (unpaired) electrons. The lowest BCUT2D eigenvalue weighted by Gasteiger charge is -2.24. The number of benzene rings is 1. The number of anilines is 2. The van der Waals surface area contributed by atoms with Crippen LogP contribution < -0.4 is 21.9 Å². The molecule has 0 aliphatic rings. The summed E-state index contributed by atoms with van der Waals surface area (Å²) in [6.07, 6.45) is 0. The van der Waals surface area contributed by atoms with E-state index in [1.54, 1.807) is 0 Å². The van der Waals surface area contributed by atoms with Crippen molar-refractivity contribution >= 4 is 45.1 Å². The summed E-state index contributed by atoms with van der Waals surface area (Å²) in [7, 11) is 1.51. The average Bonchev–Trinajstić information content (AvgIpc) is 2.66. The maximum absolute atomic E-state index is 13.0. The highest BCUT2D eigenvalue weighted by atomic mass is 79.9. The fraction of sp³-hybridized carbons (Fsp3) is 0.421. The Balaban J connectivity index is 2.35. The molecule has 1 amide bonds. The summed E-state index contributed by atoms with van der Waals surface area (Å²) in [5.74, 6) is -0.0922. The van der Waals surface area contributed by atoms with Gasteiger partial charge in [0, 0.05) is 29.6 Å². The summed E-state index contributed by atoms with van der Waals surface area (Å²) in [6, 6.07) is 7.57. The molecule has 2 rings (SSSR count). The van der Waals surface area contributed by atoms with Gasteiger partial charge in [-0.15, -0.1) is 11.8 Å². The van der Waals surface area contributed by atoms with Crippen molar-refractivity contribution in [2.75, 3.05) is 36.6 Å². The van der Waals surface area contributed by atoms with Crippen LogP contribution in [0, 0.1) is 5.92 Å². The summed E-state index contributed by atoms with van der Waals surface area (Å²) in [4.78, 5) is 42.1. The van der Waals surface area contributed by atoms with Gasteiger partial charge in [0.1, 0.15) is 5.82 Å². The lowest BCUT2D eigenvalue weighted by Crippen LogP contribution is -2.43. The Morgan fingerprint density at radius 2 is 1.97 bits per heavy atom. The topological polar surface area (TPSA) is 110 Å². The fourth-order valence-corrected chi connectivity index (χ4v) is 3.72. The van der Waals surface area contributed by atoms with E-state index in [0.717, 1.165) is 9.37 Å². The van der Waals surface area contributed by atoms with Crippen molar-refractivity contribution in [2.24, 2.45) is 5.92 Å². The molecule has 0 bridgehead atoms. The molecule has 0 unspecified atom stereocenters. The first-order valence-electron chi connectivity index (χ1n) is 9.04. The van der Waals surface area contributed by atoms with Gasteiger partial charge in [-0.2, -0.15) is 0 Å². The maximum atomic E-state index is 13.0. The SMILES string of the molecule is COCCN(C(=O)CSc1ccc(Br)cc1)c1c(N)n(CC(C)C)c(=O)[nH]c1=O. The third kappa shape index (κ3) is 6.22. The second-order valence-electron chi connectivity index (χ2n) is 6.78. The summed E-state index contributed by atoms with van der Waals surface area (Å²) in [5, 5.41) is 0. The van der Waals surface area contributed by atoms with E-state index < -0.39 is 11.2 Å². The number of nitrogens with one attached hydrogen (secondary N) is 1. The van der Waals surface area contributed by atoms with Crippen LogP contribution >= 0.6 is 27.7 Å². The number of carbonyl (C=O) groups is 1. The number of thioether (sulfide) groups is 1. The molecule has 0 saturated heterocycles. The highest BCUT2D eigenvalue weighted by molar-refractivity contribution is 9.10. The van der Waals surface area contributed by atoms with Gasteiger partial charge in [-0.25, -0.2) is 4.79 Å². The molecule has 0 fully saturated rings. The number of nitrogen functional groups attached to an aromatic ring is 1. The standard InChI is InChI=1S/C19H25BrN4O4S/c1-12(2)10-24-17(21)16(18(26)22-19(24)27)23(8-9-28-3)15(25)11-29-14-6-4-13(20)5-7-14/h4-7,12H,8-11,21H2,1-3H3,(H,22,26,27). The molecule has 10 heteroatoms. The second kappa shape index (κ2) is 10.7. The van der Waals surface area contributed by atoms with E-state index in [-0.39, 0.29) is 42.2 Å². The molecular formula is C19H25BrN4O4S. The number of hydrogen-bond acceptors (Lipinski definition) is 6. The molecule has 1 aromatic heterocycles. The van der Waals surface area contributed by atoms with Crippen LogP contribution in [0.4, 0.5) is 11.5 Å². The van der Waals surface area contributed by atoms with Gasteiger partial charge in [0.05, 0.1) is 12.4 Å². The highest BCUT2D eigenvalue weighted by Crippen LogP contribution is 2.23. The molecule has 0 saturated carbocycles. The smallest absolute Gasteiger partial charge is 0.330 e. The van der Waals surface area contributed by atoms with Gasteiger partial charge in [0.25, 0.3) is 5.56 Å². The number of rotatable bonds is 9. The van der Waals surface area contributed by atoms with Crippen molar-refractivity contribution < 1.29 is 9.53 Å². The molecule has 2 aromatic rings. The molecule has 0 aliphatic carbocycles. The van der Waals surface area contributed by atoms with Gasteiger partial charge in [0.2, 0.25) is 5.91 Å². The van der Waals surface area contributed by atoms with Crippen LogP contribution in [-0.2, 0) is 16.1 Å². The molecule has 0 aliphatic heterocycles. The Bertz CT molecular complexity index is 956. The van der Waals surface area contributed by atoms with Crippen LogP contribution in [0.1, 0.15) is 13.8 Å². The Morgan fingerprint density at radius 1 is 1.31 bits per heavy atom. The van der Waals surface area contributed by atoms with Gasteiger partial charge < -0.3 is 15.4 Å². The average molecular weight is 485 g/mol. The molecule has 0 atom stereocenters. The minimum absolute atomic E-state index is 0.0226. The van der Waals surface area contributed by atoms with Crippen LogP contribution in [0.5, 0.6) is 0 Å². The Labute approximate surface area is 181 Å². The van der Waals surface area contributed by atoms with Crippen molar-refractivity contribution in [1.29, 1.82) is 0 Å². The van der Waals surface area contributed by atoms with Gasteiger partial charge >= 0.3 is 5.69 Å². The number of nitrogens with two attached hydrogens (primary N) is 1. The zero-order valence-electron chi connectivity index (χ0n) is 16.6. The van der Waals surface area contributed by atoms with Crippen molar-refractivity contribution in [1.82, 2.24) is 9.55 Å². The van der Waals surface area contributed by atoms with Crippen molar-refractivity contribution in [3.8, 4) is 0 Å². The van der Waals surface area contributed by atoms with Gasteiger partial charge in [-0.05, 0) is 30.2 Å². The molecular weight excluding hydrogens is 460 g/mol. The zero-order chi connectivity index (χ0) is 21.6. The van der Waals surface area contributed by atoms with E-state index in [1.165, 1.54) is 28.3 Å². The number of hydrogen-bond donors (Lipinski definition) is 2. The Hall–Kier alpha value is -2.04. The van der Waals surface area contributed by atoms with E-state index in [9.17, 15) is 14.4 Å². The van der Waals surface area contributed by atoms with E-state index in [2.05, 4.69) is 20.9 Å². The summed E-state index contributed by atoms with van der Waals surface area (Å²) < 4.78 is 7.32. The number of ether oxygens (including phenoxy) is 1. The van der Waals surface area contributed by atoms with Gasteiger partial charge in [-0.1, -0.05) is 29.8 Å². The largest absolute Gasteiger partial charge is 0.383 e. The van der Waals surface area contributed by atoms with Crippen LogP contribution in [0.25, 0.3) is 0 Å². The second-order valence-corrected chi connectivity index (χ2v) is 8.74. The number of H-pyrrole nitrogens is 1. The van der Waals surface area contributed by atoms with E-state index in [0.29, 0.717) is 6.54 Å². The van der Waals surface area contributed by atoms with Crippen LogP contribution in [0.3, 0.4) is 0 Å². The number of methoxy groups -OCH3 is 1. The van der Waals surface area contributed by atoms with Crippen LogP contribution in [0.15, 0.2) is 43.2 Å². The van der Waals surface area contributed by atoms with Crippen LogP contribution in [0.2, 0.25) is 0 Å². The minimum Gasteiger partial charge on any atom is -0.383 e. The number of nitrogens with zero attached hydrogens (tertiary/aromatic N) is 2. The summed E-state index contributed by atoms with van der Waals surface area (Å²) >= 11 is 4.72. The first-order chi connectivity index (χ1) is 13.7. The highest BCUT2D eigenvalue weighted by Gasteiger charge is 2.24. The van der Waals surface area contributed by atoms with E-state index >= 15 is 0 Å². The van der Waals surface area contributed by atoms with Gasteiger partial charge in [-0.3, -0.25) is 19.1 Å². The monoisotopic (exact) mass is 484 g/mol. The van der Waals surface area contributed by atoms with Crippen LogP contribution in [-0.4, -0.2) is 41.5 Å². The summed E-state index contributed by atoms with van der Waals surface area (Å²) in [5.41, 5.74) is 4.86. The third-order valence-corrected chi connectivity index (χ3v) is 5.55. The first kappa shape index (κ1) is 23.2. The molecule has 29 heavy (non-hydrogen) atoms. The van der Waals surface area contributed by atoms with Crippen molar-refractivity contribution in [3.05, 3.63) is 49.6 Å². The normalized spacial score (nSPS) is 11.1. The lowest BCUT2D eigenvalue weighted by molar-refractivity contribution is -0.116. The van der Waals surface area contributed by atoms with E-state index in [1.807, 2.05) is 38.1 Å². The van der Waals surface area contributed by atoms with Crippen molar-refractivity contribution in [3.63, 3.8) is 0 Å². The number of halogens is 1. The number of amides is 1. The maximum Gasteiger partial charge on any atom is 0.330 e. The number of carbonyl (C=O) groups excluding carboxylic acids is 1. The predicted octanol–water partition coefficient (Wildman–Crippen LogP) is 2.31. The summed E-state index contributed by atoms with van der Waals surface area (Å²) in [6.45, 7) is 4.55. The van der Waals surface area contributed by atoms with Gasteiger partial charge in [0.15, 0.2) is 5.69 Å².